The van der Waals surface area contributed by atoms with Crippen LogP contribution in [0.3, 0.4) is 0 Å². The Labute approximate surface area is 120 Å². The molecule has 3 N–H and O–H groups in total. The third kappa shape index (κ3) is 2.38. The molecule has 1 aromatic heterocycles. The summed E-state index contributed by atoms with van der Waals surface area (Å²) in [6, 6.07) is 6.49. The van der Waals surface area contributed by atoms with E-state index >= 15 is 0 Å². The molecule has 0 atom stereocenters. The van der Waals surface area contributed by atoms with E-state index in [2.05, 4.69) is 40.3 Å². The maximum absolute atomic E-state index is 6.06. The second kappa shape index (κ2) is 5.57. The van der Waals surface area contributed by atoms with E-state index in [9.17, 15) is 0 Å². The van der Waals surface area contributed by atoms with Crippen molar-refractivity contribution >= 4 is 28.0 Å². The van der Waals surface area contributed by atoms with Gasteiger partial charge >= 0.3 is 0 Å². The summed E-state index contributed by atoms with van der Waals surface area (Å²) < 4.78 is 0. The van der Waals surface area contributed by atoms with Gasteiger partial charge in [0.2, 0.25) is 0 Å². The number of benzene rings is 1. The smallest absolute Gasteiger partial charge is 0.0743 e. The zero-order valence-electron chi connectivity index (χ0n) is 12.0. The predicted molar refractivity (Wildman–Crippen MR) is 86.4 cm³/mol. The molecule has 0 amide bonds. The van der Waals surface area contributed by atoms with Crippen molar-refractivity contribution in [1.82, 2.24) is 4.98 Å². The summed E-state index contributed by atoms with van der Waals surface area (Å²) in [6.07, 6.45) is 5.66. The lowest BCUT2D eigenvalue weighted by molar-refractivity contribution is 0.578. The zero-order chi connectivity index (χ0) is 13.9. The second-order valence-electron chi connectivity index (χ2n) is 5.37. The molecule has 1 aliphatic rings. The highest BCUT2D eigenvalue weighted by molar-refractivity contribution is 5.98. The van der Waals surface area contributed by atoms with E-state index in [1.165, 1.54) is 24.9 Å². The van der Waals surface area contributed by atoms with Gasteiger partial charge < -0.3 is 16.0 Å². The molecule has 2 heterocycles. The molecule has 2 aromatic rings. The van der Waals surface area contributed by atoms with Crippen molar-refractivity contribution in [3.05, 3.63) is 24.4 Å². The summed E-state index contributed by atoms with van der Waals surface area (Å²) in [4.78, 5) is 6.89. The van der Waals surface area contributed by atoms with Crippen LogP contribution in [-0.2, 0) is 0 Å². The summed E-state index contributed by atoms with van der Waals surface area (Å²) in [5.74, 6) is 0. The minimum atomic E-state index is 0.718. The Morgan fingerprint density at radius 2 is 2.05 bits per heavy atom. The minimum Gasteiger partial charge on any atom is -0.396 e. The standard InChI is InChI=1S/C16H22N4/c1-2-18-16-13-10-12(20-8-4-3-5-9-20)6-7-15(13)19-11-14(16)17/h6-7,10-11H,2-5,8-9,17H2,1H3,(H,18,19). The van der Waals surface area contributed by atoms with E-state index in [4.69, 9.17) is 5.73 Å². The Morgan fingerprint density at radius 1 is 1.25 bits per heavy atom. The number of nitrogens with two attached hydrogens (primary N) is 1. The van der Waals surface area contributed by atoms with Crippen LogP contribution < -0.4 is 16.0 Å². The fourth-order valence-electron chi connectivity index (χ4n) is 2.92. The number of hydrogen-bond donors (Lipinski definition) is 2. The molecule has 1 aromatic carbocycles. The molecule has 106 valence electrons. The van der Waals surface area contributed by atoms with Gasteiger partial charge in [-0.2, -0.15) is 0 Å². The quantitative estimate of drug-likeness (QED) is 0.899. The van der Waals surface area contributed by atoms with E-state index in [-0.39, 0.29) is 0 Å². The molecule has 0 unspecified atom stereocenters. The number of aromatic nitrogens is 1. The summed E-state index contributed by atoms with van der Waals surface area (Å²) in [5.41, 5.74) is 10.1. The van der Waals surface area contributed by atoms with Crippen molar-refractivity contribution in [2.45, 2.75) is 26.2 Å². The number of hydrogen-bond acceptors (Lipinski definition) is 4. The first kappa shape index (κ1) is 13.0. The van der Waals surface area contributed by atoms with Crippen LogP contribution in [0.5, 0.6) is 0 Å². The fourth-order valence-corrected chi connectivity index (χ4v) is 2.92. The number of anilines is 3. The molecule has 0 saturated carbocycles. The number of pyridine rings is 1. The van der Waals surface area contributed by atoms with Gasteiger partial charge in [-0.25, -0.2) is 0 Å². The fraction of sp³-hybridized carbons (Fsp3) is 0.438. The third-order valence-electron chi connectivity index (χ3n) is 3.96. The number of fused-ring (bicyclic) bond motifs is 1. The van der Waals surface area contributed by atoms with Gasteiger partial charge in [0.15, 0.2) is 0 Å². The highest BCUT2D eigenvalue weighted by atomic mass is 15.1. The normalized spacial score (nSPS) is 15.6. The highest BCUT2D eigenvalue weighted by Gasteiger charge is 2.13. The van der Waals surface area contributed by atoms with Crippen LogP contribution in [0.1, 0.15) is 26.2 Å². The van der Waals surface area contributed by atoms with Crippen LogP contribution in [0.25, 0.3) is 10.9 Å². The van der Waals surface area contributed by atoms with Crippen LogP contribution in [0.4, 0.5) is 17.1 Å². The van der Waals surface area contributed by atoms with Crippen LogP contribution >= 0.6 is 0 Å². The molecule has 0 bridgehead atoms. The van der Waals surface area contributed by atoms with Crippen molar-refractivity contribution in [3.8, 4) is 0 Å². The number of nitrogens with one attached hydrogen (secondary N) is 1. The third-order valence-corrected chi connectivity index (χ3v) is 3.96. The van der Waals surface area contributed by atoms with Gasteiger partial charge in [0, 0.05) is 30.7 Å². The molecule has 0 aliphatic carbocycles. The van der Waals surface area contributed by atoms with Gasteiger partial charge in [-0.05, 0) is 44.4 Å². The highest BCUT2D eigenvalue weighted by Crippen LogP contribution is 2.31. The largest absolute Gasteiger partial charge is 0.396 e. The lowest BCUT2D eigenvalue weighted by Crippen LogP contribution is -2.29. The van der Waals surface area contributed by atoms with Crippen molar-refractivity contribution in [3.63, 3.8) is 0 Å². The number of rotatable bonds is 3. The van der Waals surface area contributed by atoms with Gasteiger partial charge in [-0.1, -0.05) is 0 Å². The molecule has 20 heavy (non-hydrogen) atoms. The van der Waals surface area contributed by atoms with E-state index in [1.54, 1.807) is 6.20 Å². The molecular weight excluding hydrogens is 248 g/mol. The lowest BCUT2D eigenvalue weighted by Gasteiger charge is -2.29. The maximum Gasteiger partial charge on any atom is 0.0743 e. The molecule has 4 heteroatoms. The van der Waals surface area contributed by atoms with Crippen LogP contribution in [-0.4, -0.2) is 24.6 Å². The summed E-state index contributed by atoms with van der Waals surface area (Å²) >= 11 is 0. The summed E-state index contributed by atoms with van der Waals surface area (Å²) in [5, 5.41) is 4.49. The molecule has 0 spiro atoms. The van der Waals surface area contributed by atoms with Gasteiger partial charge in [0.1, 0.15) is 0 Å². The average molecular weight is 270 g/mol. The van der Waals surface area contributed by atoms with E-state index < -0.39 is 0 Å². The van der Waals surface area contributed by atoms with Gasteiger partial charge in [0.05, 0.1) is 23.1 Å². The van der Waals surface area contributed by atoms with Crippen molar-refractivity contribution in [2.75, 3.05) is 35.6 Å². The average Bonchev–Trinajstić information content (AvgIpc) is 2.51. The molecule has 3 rings (SSSR count). The Morgan fingerprint density at radius 3 is 2.80 bits per heavy atom. The topological polar surface area (TPSA) is 54.2 Å². The molecule has 1 fully saturated rings. The monoisotopic (exact) mass is 270 g/mol. The van der Waals surface area contributed by atoms with Crippen LogP contribution in [0.15, 0.2) is 24.4 Å². The van der Waals surface area contributed by atoms with Crippen LogP contribution in [0.2, 0.25) is 0 Å². The summed E-state index contributed by atoms with van der Waals surface area (Å²) in [6.45, 7) is 5.24. The Bertz CT molecular complexity index is 603. The first-order chi connectivity index (χ1) is 9.79. The molecule has 1 aliphatic heterocycles. The van der Waals surface area contributed by atoms with Crippen molar-refractivity contribution < 1.29 is 0 Å². The first-order valence-electron chi connectivity index (χ1n) is 7.46. The predicted octanol–water partition coefficient (Wildman–Crippen LogP) is 3.24. The van der Waals surface area contributed by atoms with Crippen molar-refractivity contribution in [1.29, 1.82) is 0 Å². The zero-order valence-corrected chi connectivity index (χ0v) is 12.0. The molecule has 1 saturated heterocycles. The van der Waals surface area contributed by atoms with E-state index in [1.807, 2.05) is 0 Å². The van der Waals surface area contributed by atoms with E-state index in [0.29, 0.717) is 0 Å². The SMILES string of the molecule is CCNc1c(N)cnc2ccc(N3CCCCC3)cc12. The summed E-state index contributed by atoms with van der Waals surface area (Å²) in [7, 11) is 0. The second-order valence-corrected chi connectivity index (χ2v) is 5.37. The number of nitrogen functional groups attached to an aromatic ring is 1. The molecule has 0 radical (unpaired) electrons. The Hall–Kier alpha value is -1.97. The van der Waals surface area contributed by atoms with Crippen molar-refractivity contribution in [2.24, 2.45) is 0 Å². The van der Waals surface area contributed by atoms with E-state index in [0.717, 1.165) is 41.9 Å². The Kier molecular flexibility index (Phi) is 3.63. The van der Waals surface area contributed by atoms with Gasteiger partial charge in [0.25, 0.3) is 0 Å². The minimum absolute atomic E-state index is 0.718. The van der Waals surface area contributed by atoms with Crippen LogP contribution in [0, 0.1) is 0 Å². The molecular formula is C16H22N4. The lowest BCUT2D eigenvalue weighted by atomic mass is 10.1. The Balaban J connectivity index is 2.05. The van der Waals surface area contributed by atoms with Gasteiger partial charge in [-0.3, -0.25) is 4.98 Å². The number of piperidine rings is 1. The number of nitrogens with zero attached hydrogens (tertiary/aromatic N) is 2. The first-order valence-corrected chi connectivity index (χ1v) is 7.46. The maximum atomic E-state index is 6.06. The van der Waals surface area contributed by atoms with Gasteiger partial charge in [-0.15, -0.1) is 0 Å². The molecule has 4 nitrogen and oxygen atoms in total.